The van der Waals surface area contributed by atoms with Gasteiger partial charge in [0.15, 0.2) is 15.6 Å². The Bertz CT molecular complexity index is 1390. The summed E-state index contributed by atoms with van der Waals surface area (Å²) in [4.78, 5) is 28.7. The zero-order chi connectivity index (χ0) is 23.4. The molecule has 0 saturated heterocycles. The maximum absolute atomic E-state index is 13.5. The van der Waals surface area contributed by atoms with Gasteiger partial charge in [-0.2, -0.15) is 0 Å². The van der Waals surface area contributed by atoms with Crippen LogP contribution >= 0.6 is 0 Å². The summed E-state index contributed by atoms with van der Waals surface area (Å²) in [5.74, 6) is -0.348. The summed E-state index contributed by atoms with van der Waals surface area (Å²) in [7, 11) is -3.59. The highest BCUT2D eigenvalue weighted by Crippen LogP contribution is 2.38. The smallest absolute Gasteiger partial charge is 0.271 e. The minimum absolute atomic E-state index is 0.0958. The zero-order valence-corrected chi connectivity index (χ0v) is 19.9. The van der Waals surface area contributed by atoms with Crippen LogP contribution in [0, 0.1) is 20.8 Å². The van der Waals surface area contributed by atoms with Crippen molar-refractivity contribution < 1.29 is 13.2 Å². The number of benzene rings is 1. The van der Waals surface area contributed by atoms with Crippen molar-refractivity contribution in [1.82, 2.24) is 9.55 Å². The van der Waals surface area contributed by atoms with Crippen molar-refractivity contribution in [1.29, 1.82) is 0 Å². The zero-order valence-electron chi connectivity index (χ0n) is 19.1. The Morgan fingerprint density at radius 2 is 1.88 bits per heavy atom. The Kier molecular flexibility index (Phi) is 5.53. The van der Waals surface area contributed by atoms with Crippen LogP contribution in [0.1, 0.15) is 59.9 Å². The molecule has 0 spiro atoms. The number of anilines is 1. The van der Waals surface area contributed by atoms with Gasteiger partial charge in [-0.3, -0.25) is 9.59 Å². The Morgan fingerprint density at radius 1 is 1.19 bits per heavy atom. The average molecular weight is 456 g/mol. The molecule has 0 bridgehead atoms. The highest BCUT2D eigenvalue weighted by atomic mass is 32.2. The van der Waals surface area contributed by atoms with Crippen LogP contribution in [0.2, 0.25) is 0 Å². The monoisotopic (exact) mass is 455 g/mol. The van der Waals surface area contributed by atoms with Crippen molar-refractivity contribution in [2.75, 3.05) is 11.9 Å². The number of ketones is 1. The molecule has 1 aliphatic rings. The molecular formula is C24H29N3O4S. The third kappa shape index (κ3) is 3.77. The number of aromatic amines is 1. The van der Waals surface area contributed by atoms with E-state index < -0.39 is 15.1 Å². The highest BCUT2D eigenvalue weighted by molar-refractivity contribution is 7.92. The van der Waals surface area contributed by atoms with Crippen LogP contribution in [0.15, 0.2) is 34.1 Å². The summed E-state index contributed by atoms with van der Waals surface area (Å²) in [6.07, 6.45) is 3.20. The Morgan fingerprint density at radius 3 is 2.47 bits per heavy atom. The predicted molar refractivity (Wildman–Crippen MR) is 127 cm³/mol. The molecule has 0 amide bonds. The van der Waals surface area contributed by atoms with Crippen molar-refractivity contribution in [2.45, 2.75) is 63.6 Å². The van der Waals surface area contributed by atoms with Crippen molar-refractivity contribution in [3.8, 4) is 0 Å². The molecule has 1 aliphatic carbocycles. The number of carbonyl (C=O) groups is 1. The Labute approximate surface area is 187 Å². The number of Topliss-reactive ketones (excluding diaryl/α,β-unsaturated/α-hetero) is 1. The molecule has 8 heteroatoms. The lowest BCUT2D eigenvalue weighted by atomic mass is 10.0. The largest absolute Gasteiger partial charge is 0.373 e. The molecule has 170 valence electrons. The van der Waals surface area contributed by atoms with Crippen molar-refractivity contribution in [3.05, 3.63) is 57.1 Å². The van der Waals surface area contributed by atoms with E-state index in [1.54, 1.807) is 26.0 Å². The van der Waals surface area contributed by atoms with E-state index in [1.807, 2.05) is 33.0 Å². The normalized spacial score (nSPS) is 14.3. The molecule has 1 saturated carbocycles. The van der Waals surface area contributed by atoms with Gasteiger partial charge in [0.05, 0.1) is 16.7 Å². The van der Waals surface area contributed by atoms with E-state index in [1.165, 1.54) is 0 Å². The SMILES string of the molecule is Cc1cc(C)c(NCC(=O)c2c(S(=O)(=O)C3CC3)ccc3c2c(C)cn3C(C)C)c(=O)[nH]1. The third-order valence-electron chi connectivity index (χ3n) is 6.05. The van der Waals surface area contributed by atoms with Gasteiger partial charge in [0.2, 0.25) is 0 Å². The van der Waals surface area contributed by atoms with Crippen LogP contribution < -0.4 is 10.9 Å². The van der Waals surface area contributed by atoms with Gasteiger partial charge in [-0.1, -0.05) is 0 Å². The van der Waals surface area contributed by atoms with Crippen LogP contribution in [-0.4, -0.2) is 35.5 Å². The Balaban J connectivity index is 1.84. The standard InChI is InChI=1S/C24H29N3O4S/c1-13(2)27-12-15(4)21-18(27)8-9-20(32(30,31)17-6-7-17)22(21)19(28)11-25-23-14(3)10-16(5)26-24(23)29/h8-10,12-13,17,25H,6-7,11H2,1-5H3,(H,26,29). The molecular weight excluding hydrogens is 426 g/mol. The van der Waals surface area contributed by atoms with Gasteiger partial charge in [-0.05, 0) is 76.8 Å². The fraction of sp³-hybridized carbons (Fsp3) is 0.417. The second-order valence-corrected chi connectivity index (χ2v) is 11.2. The van der Waals surface area contributed by atoms with E-state index in [4.69, 9.17) is 0 Å². The average Bonchev–Trinajstić information content (AvgIpc) is 3.51. The van der Waals surface area contributed by atoms with Gasteiger partial charge in [0.25, 0.3) is 5.56 Å². The number of rotatable bonds is 7. The molecule has 4 rings (SSSR count). The number of nitrogens with zero attached hydrogens (tertiary/aromatic N) is 1. The van der Waals surface area contributed by atoms with E-state index in [-0.39, 0.29) is 34.4 Å². The van der Waals surface area contributed by atoms with E-state index in [0.717, 1.165) is 22.3 Å². The quantitative estimate of drug-likeness (QED) is 0.523. The van der Waals surface area contributed by atoms with Gasteiger partial charge < -0.3 is 14.9 Å². The van der Waals surface area contributed by atoms with Crippen molar-refractivity contribution in [2.24, 2.45) is 0 Å². The lowest BCUT2D eigenvalue weighted by molar-refractivity contribution is 0.100. The first-order valence-electron chi connectivity index (χ1n) is 10.9. The molecule has 7 nitrogen and oxygen atoms in total. The number of pyridine rings is 1. The van der Waals surface area contributed by atoms with Gasteiger partial charge >= 0.3 is 0 Å². The number of sulfone groups is 1. The van der Waals surface area contributed by atoms with Gasteiger partial charge in [-0.25, -0.2) is 8.42 Å². The summed E-state index contributed by atoms with van der Waals surface area (Å²) < 4.78 is 28.5. The van der Waals surface area contributed by atoms with Crippen LogP contribution in [0.25, 0.3) is 10.9 Å². The van der Waals surface area contributed by atoms with Gasteiger partial charge in [0.1, 0.15) is 5.69 Å². The number of H-pyrrole nitrogens is 1. The molecule has 2 heterocycles. The number of hydrogen-bond donors (Lipinski definition) is 2. The second kappa shape index (κ2) is 7.92. The molecule has 2 aromatic heterocycles. The summed E-state index contributed by atoms with van der Waals surface area (Å²) in [5.41, 5.74) is 3.39. The topological polar surface area (TPSA) is 101 Å². The molecule has 0 atom stereocenters. The number of carbonyl (C=O) groups excluding carboxylic acids is 1. The summed E-state index contributed by atoms with van der Waals surface area (Å²) in [6, 6.07) is 5.36. The fourth-order valence-electron chi connectivity index (χ4n) is 4.36. The lowest BCUT2D eigenvalue weighted by Crippen LogP contribution is -2.23. The van der Waals surface area contributed by atoms with Crippen molar-refractivity contribution in [3.63, 3.8) is 0 Å². The molecule has 0 unspecified atom stereocenters. The molecule has 1 aromatic carbocycles. The first-order chi connectivity index (χ1) is 15.0. The molecule has 0 aliphatic heterocycles. The van der Waals surface area contributed by atoms with Crippen LogP contribution in [0.4, 0.5) is 5.69 Å². The first-order valence-corrected chi connectivity index (χ1v) is 12.4. The van der Waals surface area contributed by atoms with E-state index in [9.17, 15) is 18.0 Å². The minimum atomic E-state index is -3.59. The van der Waals surface area contributed by atoms with Crippen LogP contribution in [-0.2, 0) is 9.84 Å². The van der Waals surface area contributed by atoms with Gasteiger partial charge in [0, 0.05) is 34.4 Å². The summed E-state index contributed by atoms with van der Waals surface area (Å²) in [6.45, 7) is 9.40. The van der Waals surface area contributed by atoms with Crippen LogP contribution in [0.5, 0.6) is 0 Å². The number of aromatic nitrogens is 2. The maximum Gasteiger partial charge on any atom is 0.271 e. The highest BCUT2D eigenvalue weighted by Gasteiger charge is 2.39. The number of aryl methyl sites for hydroxylation is 3. The number of hydrogen-bond acceptors (Lipinski definition) is 5. The molecule has 3 aromatic rings. The second-order valence-electron chi connectivity index (χ2n) is 9.01. The first kappa shape index (κ1) is 22.3. The van der Waals surface area contributed by atoms with E-state index >= 15 is 0 Å². The third-order valence-corrected chi connectivity index (χ3v) is 8.35. The van der Waals surface area contributed by atoms with Gasteiger partial charge in [-0.15, -0.1) is 0 Å². The Hall–Kier alpha value is -2.87. The van der Waals surface area contributed by atoms with Crippen molar-refractivity contribution >= 4 is 32.2 Å². The fourth-order valence-corrected chi connectivity index (χ4v) is 6.23. The molecule has 2 N–H and O–H groups in total. The minimum Gasteiger partial charge on any atom is -0.373 e. The predicted octanol–water partition coefficient (Wildman–Crippen LogP) is 4.07. The summed E-state index contributed by atoms with van der Waals surface area (Å²) in [5, 5.41) is 3.20. The molecule has 1 fully saturated rings. The summed E-state index contributed by atoms with van der Waals surface area (Å²) >= 11 is 0. The number of nitrogens with one attached hydrogen (secondary N) is 2. The van der Waals surface area contributed by atoms with Crippen LogP contribution in [0.3, 0.4) is 0 Å². The number of fused-ring (bicyclic) bond motifs is 1. The molecule has 32 heavy (non-hydrogen) atoms. The van der Waals surface area contributed by atoms with E-state index in [0.29, 0.717) is 23.9 Å². The van der Waals surface area contributed by atoms with E-state index in [2.05, 4.69) is 14.9 Å². The lowest BCUT2D eigenvalue weighted by Gasteiger charge is -2.15. The molecule has 0 radical (unpaired) electrons. The maximum atomic E-state index is 13.5.